The minimum absolute atomic E-state index is 0.0853. The second-order valence-electron chi connectivity index (χ2n) is 5.88. The summed E-state index contributed by atoms with van der Waals surface area (Å²) >= 11 is 0. The van der Waals surface area contributed by atoms with Crippen LogP contribution in [0, 0.1) is 0 Å². The first-order chi connectivity index (χ1) is 12.1. The molecule has 3 aromatic rings. The van der Waals surface area contributed by atoms with Crippen LogP contribution in [0.5, 0.6) is 0 Å². The fourth-order valence-electron chi connectivity index (χ4n) is 3.25. The molecule has 0 saturated carbocycles. The number of nitrogens with one attached hydrogen (secondary N) is 1. The Bertz CT molecular complexity index is 1000. The Morgan fingerprint density at radius 3 is 2.20 bits per heavy atom. The number of carboxylic acid groups (broad SMARTS) is 1. The number of aromatic amines is 1. The van der Waals surface area contributed by atoms with Gasteiger partial charge in [0.15, 0.2) is 0 Å². The van der Waals surface area contributed by atoms with E-state index in [-0.39, 0.29) is 12.8 Å². The number of rotatable bonds is 4. The summed E-state index contributed by atoms with van der Waals surface area (Å²) in [6.45, 7) is 0. The van der Waals surface area contributed by atoms with Gasteiger partial charge < -0.3 is 10.1 Å². The number of H-pyrrole nitrogens is 1. The summed E-state index contributed by atoms with van der Waals surface area (Å²) in [6.07, 6.45) is 0.139. The zero-order chi connectivity index (χ0) is 17.6. The van der Waals surface area contributed by atoms with Gasteiger partial charge in [0.1, 0.15) is 5.82 Å². The number of carboxylic acids is 1. The maximum absolute atomic E-state index is 12.7. The highest BCUT2D eigenvalue weighted by molar-refractivity contribution is 6.34. The van der Waals surface area contributed by atoms with Crippen molar-refractivity contribution >= 4 is 34.5 Å². The van der Waals surface area contributed by atoms with Crippen molar-refractivity contribution < 1.29 is 19.5 Å². The Balaban J connectivity index is 1.87. The molecule has 2 N–H and O–H groups in total. The average molecular weight is 334 g/mol. The van der Waals surface area contributed by atoms with E-state index in [1.165, 1.54) is 0 Å². The number of hydrogen-bond donors (Lipinski definition) is 2. The molecule has 124 valence electrons. The van der Waals surface area contributed by atoms with Crippen LogP contribution in [0.25, 0.3) is 10.9 Å². The van der Waals surface area contributed by atoms with Crippen molar-refractivity contribution in [2.75, 3.05) is 4.90 Å². The minimum atomic E-state index is -0.932. The number of hydrogen-bond acceptors (Lipinski definition) is 3. The molecule has 0 unspecified atom stereocenters. The van der Waals surface area contributed by atoms with Crippen molar-refractivity contribution in [2.45, 2.75) is 12.8 Å². The number of carbonyl (C=O) groups is 3. The van der Waals surface area contributed by atoms with Gasteiger partial charge in [-0.2, -0.15) is 0 Å². The van der Waals surface area contributed by atoms with Crippen molar-refractivity contribution in [1.29, 1.82) is 0 Å². The van der Waals surface area contributed by atoms with Gasteiger partial charge in [0.05, 0.1) is 11.1 Å². The maximum atomic E-state index is 12.7. The lowest BCUT2D eigenvalue weighted by atomic mass is 10.1. The van der Waals surface area contributed by atoms with E-state index in [9.17, 15) is 14.4 Å². The van der Waals surface area contributed by atoms with Gasteiger partial charge in [-0.1, -0.05) is 30.3 Å². The van der Waals surface area contributed by atoms with E-state index in [0.29, 0.717) is 22.5 Å². The molecule has 2 heterocycles. The molecule has 6 nitrogen and oxygen atoms in total. The lowest BCUT2D eigenvalue weighted by Crippen LogP contribution is -2.30. The number of aliphatic carboxylic acids is 1. The molecule has 0 bridgehead atoms. The molecule has 2 aromatic carbocycles. The number of para-hydroxylation sites is 1. The minimum Gasteiger partial charge on any atom is -0.481 e. The lowest BCUT2D eigenvalue weighted by molar-refractivity contribution is -0.136. The van der Waals surface area contributed by atoms with Gasteiger partial charge in [-0.3, -0.25) is 14.4 Å². The highest BCUT2D eigenvalue weighted by Gasteiger charge is 2.38. The zero-order valence-corrected chi connectivity index (χ0v) is 13.2. The molecular weight excluding hydrogens is 320 g/mol. The second kappa shape index (κ2) is 5.59. The fraction of sp³-hybridized carbons (Fsp3) is 0.105. The number of carbonyl (C=O) groups excluding carboxylic acids is 2. The van der Waals surface area contributed by atoms with Crippen LogP contribution < -0.4 is 4.90 Å². The first kappa shape index (κ1) is 15.1. The number of aromatic nitrogens is 1. The molecule has 2 amide bonds. The highest BCUT2D eigenvalue weighted by Crippen LogP contribution is 2.35. The number of nitrogens with zero attached hydrogens (tertiary/aromatic N) is 1. The average Bonchev–Trinajstić information content (AvgIpc) is 3.09. The van der Waals surface area contributed by atoms with E-state index in [1.807, 2.05) is 24.3 Å². The van der Waals surface area contributed by atoms with Gasteiger partial charge in [0.2, 0.25) is 0 Å². The Morgan fingerprint density at radius 2 is 1.56 bits per heavy atom. The molecular formula is C19H14N2O4. The third-order valence-corrected chi connectivity index (χ3v) is 4.40. The molecule has 4 rings (SSSR count). The Labute approximate surface area is 142 Å². The Hall–Kier alpha value is -3.41. The van der Waals surface area contributed by atoms with Crippen LogP contribution in [0.1, 0.15) is 32.7 Å². The Kier molecular flexibility index (Phi) is 3.39. The number of benzene rings is 2. The summed E-state index contributed by atoms with van der Waals surface area (Å²) < 4.78 is 0. The largest absolute Gasteiger partial charge is 0.481 e. The van der Waals surface area contributed by atoms with Crippen molar-refractivity contribution in [3.63, 3.8) is 0 Å². The lowest BCUT2D eigenvalue weighted by Gasteiger charge is -2.14. The van der Waals surface area contributed by atoms with Crippen LogP contribution in [-0.2, 0) is 11.2 Å². The predicted octanol–water partition coefficient (Wildman–Crippen LogP) is 2.99. The SMILES string of the molecule is O=C(O)CCc1c(N2C(=O)c3ccccc3C2=O)[nH]c2ccccc12. The van der Waals surface area contributed by atoms with Crippen LogP contribution in [0.3, 0.4) is 0 Å². The Morgan fingerprint density at radius 1 is 0.960 bits per heavy atom. The van der Waals surface area contributed by atoms with Crippen molar-refractivity contribution in [3.05, 3.63) is 65.2 Å². The van der Waals surface area contributed by atoms with E-state index in [1.54, 1.807) is 24.3 Å². The summed E-state index contributed by atoms with van der Waals surface area (Å²) in [5.74, 6) is -1.38. The number of amides is 2. The quantitative estimate of drug-likeness (QED) is 0.718. The molecule has 1 aromatic heterocycles. The first-order valence-electron chi connectivity index (χ1n) is 7.87. The van der Waals surface area contributed by atoms with E-state index in [4.69, 9.17) is 5.11 Å². The van der Waals surface area contributed by atoms with Gasteiger partial charge in [0, 0.05) is 22.9 Å². The van der Waals surface area contributed by atoms with E-state index >= 15 is 0 Å². The summed E-state index contributed by atoms with van der Waals surface area (Å²) in [7, 11) is 0. The zero-order valence-electron chi connectivity index (χ0n) is 13.2. The number of aryl methyl sites for hydroxylation is 1. The maximum Gasteiger partial charge on any atom is 0.303 e. The highest BCUT2D eigenvalue weighted by atomic mass is 16.4. The summed E-state index contributed by atoms with van der Waals surface area (Å²) in [5, 5.41) is 9.84. The first-order valence-corrected chi connectivity index (χ1v) is 7.87. The van der Waals surface area contributed by atoms with E-state index in [0.717, 1.165) is 15.8 Å². The van der Waals surface area contributed by atoms with Gasteiger partial charge in [-0.15, -0.1) is 0 Å². The molecule has 0 saturated heterocycles. The fourth-order valence-corrected chi connectivity index (χ4v) is 3.25. The molecule has 6 heteroatoms. The van der Waals surface area contributed by atoms with Crippen LogP contribution in [0.4, 0.5) is 5.82 Å². The summed E-state index contributed by atoms with van der Waals surface area (Å²) in [4.78, 5) is 40.7. The van der Waals surface area contributed by atoms with Gasteiger partial charge in [0.25, 0.3) is 11.8 Å². The van der Waals surface area contributed by atoms with Crippen LogP contribution >= 0.6 is 0 Å². The third-order valence-electron chi connectivity index (χ3n) is 4.40. The molecule has 25 heavy (non-hydrogen) atoms. The molecule has 1 aliphatic heterocycles. The van der Waals surface area contributed by atoms with Crippen molar-refractivity contribution in [2.24, 2.45) is 0 Å². The van der Waals surface area contributed by atoms with Crippen LogP contribution in [0.15, 0.2) is 48.5 Å². The molecule has 0 atom stereocenters. The van der Waals surface area contributed by atoms with Crippen LogP contribution in [-0.4, -0.2) is 27.9 Å². The molecule has 1 aliphatic rings. The molecule has 0 aliphatic carbocycles. The molecule has 0 spiro atoms. The van der Waals surface area contributed by atoms with Crippen LogP contribution in [0.2, 0.25) is 0 Å². The van der Waals surface area contributed by atoms with Gasteiger partial charge >= 0.3 is 5.97 Å². The monoisotopic (exact) mass is 334 g/mol. The molecule has 0 radical (unpaired) electrons. The normalized spacial score (nSPS) is 13.5. The van der Waals surface area contributed by atoms with E-state index in [2.05, 4.69) is 4.98 Å². The standard InChI is InChI=1S/C19H14N2O4/c22-16(23)10-9-12-11-5-3-4-8-15(11)20-17(12)21-18(24)13-6-1-2-7-14(13)19(21)25/h1-8,20H,9-10H2,(H,22,23). The summed E-state index contributed by atoms with van der Waals surface area (Å²) in [5.41, 5.74) is 2.13. The number of fused-ring (bicyclic) bond motifs is 2. The van der Waals surface area contributed by atoms with Crippen molar-refractivity contribution in [3.8, 4) is 0 Å². The predicted molar refractivity (Wildman–Crippen MR) is 91.8 cm³/mol. The number of anilines is 1. The second-order valence-corrected chi connectivity index (χ2v) is 5.88. The topological polar surface area (TPSA) is 90.5 Å². The van der Waals surface area contributed by atoms with Crippen molar-refractivity contribution in [1.82, 2.24) is 4.98 Å². The van der Waals surface area contributed by atoms with E-state index < -0.39 is 17.8 Å². The van der Waals surface area contributed by atoms with Gasteiger partial charge in [-0.05, 0) is 24.6 Å². The van der Waals surface area contributed by atoms with Gasteiger partial charge in [-0.25, -0.2) is 4.90 Å². The molecule has 0 fully saturated rings. The summed E-state index contributed by atoms with van der Waals surface area (Å²) in [6, 6.07) is 14.0. The smallest absolute Gasteiger partial charge is 0.303 e. The third kappa shape index (κ3) is 2.30. The number of imide groups is 1.